The van der Waals surface area contributed by atoms with Crippen LogP contribution in [0.2, 0.25) is 0 Å². The quantitative estimate of drug-likeness (QED) is 0.718. The van der Waals surface area contributed by atoms with Gasteiger partial charge >= 0.3 is 0 Å². The van der Waals surface area contributed by atoms with E-state index in [4.69, 9.17) is 4.42 Å². The highest BCUT2D eigenvalue weighted by Crippen LogP contribution is 2.30. The zero-order chi connectivity index (χ0) is 17.3. The van der Waals surface area contributed by atoms with E-state index in [1.165, 1.54) is 6.20 Å². The molecule has 0 unspecified atom stereocenters. The minimum atomic E-state index is -3.71. The van der Waals surface area contributed by atoms with E-state index in [0.29, 0.717) is 11.8 Å². The Morgan fingerprint density at radius 1 is 1.24 bits per heavy atom. The summed E-state index contributed by atoms with van der Waals surface area (Å²) < 4.78 is 34.7. The van der Waals surface area contributed by atoms with E-state index in [-0.39, 0.29) is 11.1 Å². The second kappa shape index (κ2) is 6.41. The highest BCUT2D eigenvalue weighted by molar-refractivity contribution is 7.89. The predicted molar refractivity (Wildman–Crippen MR) is 88.8 cm³/mol. The van der Waals surface area contributed by atoms with Crippen LogP contribution in [0.15, 0.2) is 58.4 Å². The van der Waals surface area contributed by atoms with Gasteiger partial charge in [-0.2, -0.15) is 0 Å². The normalized spacial score (nSPS) is 20.3. The van der Waals surface area contributed by atoms with Crippen LogP contribution in [0.5, 0.6) is 0 Å². The lowest BCUT2D eigenvalue weighted by atomic mass is 9.81. The molecular weight excluding hydrogens is 342 g/mol. The average Bonchev–Trinajstić information content (AvgIpc) is 3.25. The second-order valence-electron chi connectivity index (χ2n) is 6.13. The number of sulfonamides is 1. The van der Waals surface area contributed by atoms with Crippen molar-refractivity contribution in [3.05, 3.63) is 48.9 Å². The van der Waals surface area contributed by atoms with Gasteiger partial charge in [-0.25, -0.2) is 18.1 Å². The van der Waals surface area contributed by atoms with Crippen LogP contribution in [-0.2, 0) is 16.6 Å². The number of nitrogens with zero attached hydrogens (tertiary/aromatic N) is 4. The van der Waals surface area contributed by atoms with Gasteiger partial charge in [-0.3, -0.25) is 4.68 Å². The van der Waals surface area contributed by atoms with Crippen molar-refractivity contribution < 1.29 is 12.8 Å². The molecule has 1 aliphatic carbocycles. The number of benzene rings is 1. The van der Waals surface area contributed by atoms with Crippen LogP contribution in [0.3, 0.4) is 0 Å². The molecule has 3 aromatic rings. The molecule has 0 spiro atoms. The standard InChI is InChI=1S/C16H17N5O3S/c22-25(23,15-10-17-16(24-15)13-4-2-1-3-5-13)19-14-8-12(9-14)11-21-7-6-18-20-21/h1-7,10,12,14,19H,8-9,11H2. The van der Waals surface area contributed by atoms with Crippen molar-refractivity contribution in [3.63, 3.8) is 0 Å². The van der Waals surface area contributed by atoms with Crippen LogP contribution in [0.4, 0.5) is 0 Å². The summed E-state index contributed by atoms with van der Waals surface area (Å²) in [5, 5.41) is 7.52. The first kappa shape index (κ1) is 16.0. The van der Waals surface area contributed by atoms with Crippen molar-refractivity contribution in [2.45, 2.75) is 30.5 Å². The topological polar surface area (TPSA) is 103 Å². The summed E-state index contributed by atoms with van der Waals surface area (Å²) in [7, 11) is -3.71. The monoisotopic (exact) mass is 359 g/mol. The van der Waals surface area contributed by atoms with E-state index in [0.717, 1.165) is 24.9 Å². The number of oxazole rings is 1. The van der Waals surface area contributed by atoms with Crippen LogP contribution < -0.4 is 4.72 Å². The van der Waals surface area contributed by atoms with Gasteiger partial charge in [0.05, 0.1) is 12.4 Å². The summed E-state index contributed by atoms with van der Waals surface area (Å²) in [4.78, 5) is 4.06. The summed E-state index contributed by atoms with van der Waals surface area (Å²) in [5.74, 6) is 0.683. The van der Waals surface area contributed by atoms with Gasteiger partial charge in [0, 0.05) is 24.3 Å². The van der Waals surface area contributed by atoms with Crippen LogP contribution in [0.25, 0.3) is 11.5 Å². The molecule has 9 heteroatoms. The van der Waals surface area contributed by atoms with Crippen molar-refractivity contribution in [1.29, 1.82) is 0 Å². The third kappa shape index (κ3) is 3.47. The van der Waals surface area contributed by atoms with Crippen LogP contribution in [0.1, 0.15) is 12.8 Å². The molecule has 25 heavy (non-hydrogen) atoms. The molecule has 1 aliphatic rings. The molecule has 1 aromatic carbocycles. The Kier molecular flexibility index (Phi) is 4.10. The largest absolute Gasteiger partial charge is 0.423 e. The smallest absolute Gasteiger partial charge is 0.275 e. The molecule has 0 radical (unpaired) electrons. The highest BCUT2D eigenvalue weighted by atomic mass is 32.2. The summed E-state index contributed by atoms with van der Waals surface area (Å²) in [6.07, 6.45) is 6.21. The predicted octanol–water partition coefficient (Wildman–Crippen LogP) is 1.69. The SMILES string of the molecule is O=S(=O)(NC1CC(Cn2ccnn2)C1)c1cnc(-c2ccccc2)o1. The molecule has 130 valence electrons. The first-order valence-corrected chi connectivity index (χ1v) is 9.46. The lowest BCUT2D eigenvalue weighted by Gasteiger charge is -2.34. The van der Waals surface area contributed by atoms with E-state index < -0.39 is 10.0 Å². The van der Waals surface area contributed by atoms with Crippen LogP contribution in [-0.4, -0.2) is 34.4 Å². The Bertz CT molecular complexity index is 931. The molecule has 1 fully saturated rings. The van der Waals surface area contributed by atoms with Gasteiger partial charge in [-0.1, -0.05) is 23.4 Å². The first-order chi connectivity index (χ1) is 12.1. The van der Waals surface area contributed by atoms with Gasteiger partial charge in [0.15, 0.2) is 0 Å². The van der Waals surface area contributed by atoms with Gasteiger partial charge in [0.1, 0.15) is 0 Å². The lowest BCUT2D eigenvalue weighted by Crippen LogP contribution is -2.45. The molecule has 0 amide bonds. The van der Waals surface area contributed by atoms with Crippen molar-refractivity contribution in [2.24, 2.45) is 5.92 Å². The number of aromatic nitrogens is 4. The van der Waals surface area contributed by atoms with Crippen LogP contribution in [0, 0.1) is 5.92 Å². The van der Waals surface area contributed by atoms with Gasteiger partial charge in [0.25, 0.3) is 15.1 Å². The highest BCUT2D eigenvalue weighted by Gasteiger charge is 2.34. The maximum atomic E-state index is 12.4. The summed E-state index contributed by atoms with van der Waals surface area (Å²) in [5.41, 5.74) is 0.737. The Balaban J connectivity index is 1.37. The van der Waals surface area contributed by atoms with E-state index in [1.54, 1.807) is 17.1 Å². The van der Waals surface area contributed by atoms with Gasteiger partial charge in [-0.05, 0) is 30.9 Å². The first-order valence-electron chi connectivity index (χ1n) is 7.98. The fourth-order valence-corrected chi connectivity index (χ4v) is 4.08. The van der Waals surface area contributed by atoms with E-state index in [1.807, 2.05) is 30.3 Å². The number of hydrogen-bond acceptors (Lipinski definition) is 6. The number of hydrogen-bond donors (Lipinski definition) is 1. The van der Waals surface area contributed by atoms with E-state index in [2.05, 4.69) is 20.0 Å². The van der Waals surface area contributed by atoms with Crippen molar-refractivity contribution >= 4 is 10.0 Å². The van der Waals surface area contributed by atoms with Gasteiger partial charge in [0.2, 0.25) is 5.89 Å². The molecule has 1 saturated carbocycles. The minimum Gasteiger partial charge on any atom is -0.423 e. The Hall–Kier alpha value is -2.52. The third-order valence-corrected chi connectivity index (χ3v) is 5.61. The molecule has 0 aliphatic heterocycles. The molecule has 2 aromatic heterocycles. The lowest BCUT2D eigenvalue weighted by molar-refractivity contribution is 0.211. The van der Waals surface area contributed by atoms with Crippen molar-refractivity contribution in [2.75, 3.05) is 0 Å². The van der Waals surface area contributed by atoms with E-state index >= 15 is 0 Å². The summed E-state index contributed by atoms with van der Waals surface area (Å²) in [6, 6.07) is 9.10. The number of nitrogens with one attached hydrogen (secondary N) is 1. The summed E-state index contributed by atoms with van der Waals surface area (Å²) in [6.45, 7) is 0.749. The maximum Gasteiger partial charge on any atom is 0.275 e. The molecule has 0 bridgehead atoms. The molecule has 1 N–H and O–H groups in total. The van der Waals surface area contributed by atoms with Crippen molar-refractivity contribution in [1.82, 2.24) is 24.7 Å². The molecular formula is C16H17N5O3S. The third-order valence-electron chi connectivity index (χ3n) is 4.24. The fraction of sp³-hybridized carbons (Fsp3) is 0.312. The zero-order valence-corrected chi connectivity index (χ0v) is 14.1. The Labute approximate surface area is 144 Å². The maximum absolute atomic E-state index is 12.4. The molecule has 0 atom stereocenters. The Morgan fingerprint density at radius 2 is 2.04 bits per heavy atom. The molecule has 2 heterocycles. The zero-order valence-electron chi connectivity index (χ0n) is 13.3. The van der Waals surface area contributed by atoms with Crippen LogP contribution >= 0.6 is 0 Å². The minimum absolute atomic E-state index is 0.0937. The molecule has 4 rings (SSSR count). The summed E-state index contributed by atoms with van der Waals surface area (Å²) >= 11 is 0. The fourth-order valence-electron chi connectivity index (χ4n) is 2.95. The molecule has 8 nitrogen and oxygen atoms in total. The number of rotatable bonds is 6. The van der Waals surface area contributed by atoms with Crippen molar-refractivity contribution in [3.8, 4) is 11.5 Å². The van der Waals surface area contributed by atoms with E-state index in [9.17, 15) is 8.42 Å². The molecule has 0 saturated heterocycles. The van der Waals surface area contributed by atoms with Gasteiger partial charge < -0.3 is 4.42 Å². The average molecular weight is 359 g/mol. The second-order valence-corrected chi connectivity index (χ2v) is 7.78. The Morgan fingerprint density at radius 3 is 2.76 bits per heavy atom. The van der Waals surface area contributed by atoms with Gasteiger partial charge in [-0.15, -0.1) is 5.10 Å².